The average molecular weight is 358 g/mol. The molecular weight excluding hydrogens is 334 g/mol. The van der Waals surface area contributed by atoms with Gasteiger partial charge in [-0.15, -0.1) is 0 Å². The number of carboxylic acid groups (broad SMARTS) is 1. The Labute approximate surface area is 154 Å². The topological polar surface area (TPSA) is 40.5 Å². The zero-order valence-electron chi connectivity index (χ0n) is 14.7. The van der Waals surface area contributed by atoms with Crippen LogP contribution in [0.15, 0.2) is 42.5 Å². The van der Waals surface area contributed by atoms with Gasteiger partial charge in [0, 0.05) is 5.02 Å². The van der Waals surface area contributed by atoms with E-state index in [4.69, 9.17) is 11.6 Å². The van der Waals surface area contributed by atoms with Crippen molar-refractivity contribution in [1.82, 2.24) is 4.90 Å². The van der Waals surface area contributed by atoms with Crippen molar-refractivity contribution in [2.24, 2.45) is 5.92 Å². The molecule has 0 saturated carbocycles. The van der Waals surface area contributed by atoms with Gasteiger partial charge >= 0.3 is 5.97 Å². The SMILES string of the molecule is Cc1cc(C)cc(C(c2ccc(Cl)cc2)N2CCC(C(=O)O)CC2)c1. The van der Waals surface area contributed by atoms with Crippen LogP contribution in [0.1, 0.15) is 41.1 Å². The maximum absolute atomic E-state index is 11.3. The molecule has 1 heterocycles. The number of carboxylic acids is 1. The van der Waals surface area contributed by atoms with Gasteiger partial charge in [0.25, 0.3) is 0 Å². The molecule has 4 heteroatoms. The highest BCUT2D eigenvalue weighted by Gasteiger charge is 2.30. The lowest BCUT2D eigenvalue weighted by molar-refractivity contribution is -0.143. The molecule has 1 unspecified atom stereocenters. The largest absolute Gasteiger partial charge is 0.481 e. The van der Waals surface area contributed by atoms with Crippen molar-refractivity contribution in [3.63, 3.8) is 0 Å². The molecule has 3 rings (SSSR count). The third-order valence-electron chi connectivity index (χ3n) is 4.99. The molecule has 0 aromatic heterocycles. The number of aryl methyl sites for hydroxylation is 2. The summed E-state index contributed by atoms with van der Waals surface area (Å²) in [6.45, 7) is 5.81. The summed E-state index contributed by atoms with van der Waals surface area (Å²) in [6, 6.07) is 14.8. The van der Waals surface area contributed by atoms with Gasteiger partial charge in [0.2, 0.25) is 0 Å². The van der Waals surface area contributed by atoms with Crippen LogP contribution in [0, 0.1) is 19.8 Å². The lowest BCUT2D eigenvalue weighted by atomic mass is 9.90. The molecule has 0 bridgehead atoms. The number of hydrogen-bond donors (Lipinski definition) is 1. The molecule has 1 aliphatic heterocycles. The van der Waals surface area contributed by atoms with Crippen molar-refractivity contribution < 1.29 is 9.90 Å². The van der Waals surface area contributed by atoms with Crippen molar-refractivity contribution in [2.75, 3.05) is 13.1 Å². The number of halogens is 1. The van der Waals surface area contributed by atoms with Crippen LogP contribution in [0.5, 0.6) is 0 Å². The molecule has 0 amide bonds. The Morgan fingerprint density at radius 3 is 2.12 bits per heavy atom. The second-order valence-corrected chi connectivity index (χ2v) is 7.46. The van der Waals surface area contributed by atoms with E-state index in [1.807, 2.05) is 12.1 Å². The van der Waals surface area contributed by atoms with Crippen molar-refractivity contribution in [1.29, 1.82) is 0 Å². The molecule has 0 aliphatic carbocycles. The predicted molar refractivity (Wildman–Crippen MR) is 101 cm³/mol. The molecule has 1 atom stereocenters. The highest BCUT2D eigenvalue weighted by atomic mass is 35.5. The van der Waals surface area contributed by atoms with Crippen LogP contribution in [-0.4, -0.2) is 29.1 Å². The first-order valence-corrected chi connectivity index (χ1v) is 9.12. The molecule has 25 heavy (non-hydrogen) atoms. The van der Waals surface area contributed by atoms with Crippen LogP contribution in [0.3, 0.4) is 0 Å². The number of benzene rings is 2. The zero-order chi connectivity index (χ0) is 18.0. The molecule has 0 radical (unpaired) electrons. The van der Waals surface area contributed by atoms with E-state index in [0.29, 0.717) is 12.8 Å². The normalized spacial score (nSPS) is 17.4. The summed E-state index contributed by atoms with van der Waals surface area (Å²) in [6.07, 6.45) is 1.40. The Kier molecular flexibility index (Phi) is 5.45. The predicted octanol–water partition coefficient (Wildman–Crippen LogP) is 4.84. The zero-order valence-corrected chi connectivity index (χ0v) is 15.5. The quantitative estimate of drug-likeness (QED) is 0.850. The Morgan fingerprint density at radius 1 is 1.04 bits per heavy atom. The second kappa shape index (κ2) is 7.59. The molecule has 3 nitrogen and oxygen atoms in total. The molecular formula is C21H24ClNO2. The summed E-state index contributed by atoms with van der Waals surface area (Å²) in [7, 11) is 0. The van der Waals surface area contributed by atoms with Gasteiger partial charge < -0.3 is 5.11 Å². The van der Waals surface area contributed by atoms with E-state index >= 15 is 0 Å². The van der Waals surface area contributed by atoms with Crippen LogP contribution in [0.25, 0.3) is 0 Å². The number of carbonyl (C=O) groups is 1. The first-order valence-electron chi connectivity index (χ1n) is 8.74. The second-order valence-electron chi connectivity index (χ2n) is 7.02. The summed E-state index contributed by atoms with van der Waals surface area (Å²) in [5, 5.41) is 10.00. The molecule has 1 saturated heterocycles. The van der Waals surface area contributed by atoms with E-state index in [1.165, 1.54) is 22.3 Å². The monoisotopic (exact) mass is 357 g/mol. The highest BCUT2D eigenvalue weighted by molar-refractivity contribution is 6.30. The number of hydrogen-bond acceptors (Lipinski definition) is 2. The van der Waals surface area contributed by atoms with Crippen molar-refractivity contribution in [3.05, 3.63) is 69.7 Å². The molecule has 1 N–H and O–H groups in total. The van der Waals surface area contributed by atoms with Gasteiger partial charge in [0.15, 0.2) is 0 Å². The average Bonchev–Trinajstić information content (AvgIpc) is 2.56. The van der Waals surface area contributed by atoms with Gasteiger partial charge in [-0.25, -0.2) is 0 Å². The minimum Gasteiger partial charge on any atom is -0.481 e. The number of rotatable bonds is 4. The van der Waals surface area contributed by atoms with Crippen molar-refractivity contribution in [3.8, 4) is 0 Å². The minimum absolute atomic E-state index is 0.130. The van der Waals surface area contributed by atoms with Crippen LogP contribution < -0.4 is 0 Å². The van der Waals surface area contributed by atoms with Crippen LogP contribution >= 0.6 is 11.6 Å². The molecule has 0 spiro atoms. The van der Waals surface area contributed by atoms with Gasteiger partial charge in [-0.1, -0.05) is 53.1 Å². The van der Waals surface area contributed by atoms with Crippen LogP contribution in [0.2, 0.25) is 5.02 Å². The Bertz CT molecular complexity index is 729. The number of piperidine rings is 1. The fraction of sp³-hybridized carbons (Fsp3) is 0.381. The lowest BCUT2D eigenvalue weighted by Gasteiger charge is -2.37. The number of aliphatic carboxylic acids is 1. The smallest absolute Gasteiger partial charge is 0.306 e. The minimum atomic E-state index is -0.672. The fourth-order valence-electron chi connectivity index (χ4n) is 3.83. The van der Waals surface area contributed by atoms with E-state index < -0.39 is 5.97 Å². The molecule has 1 fully saturated rings. The van der Waals surface area contributed by atoms with E-state index in [2.05, 4.69) is 49.1 Å². The number of likely N-dealkylation sites (tertiary alicyclic amines) is 1. The third kappa shape index (κ3) is 4.23. The molecule has 2 aromatic carbocycles. The maximum Gasteiger partial charge on any atom is 0.306 e. The van der Waals surface area contributed by atoms with Crippen LogP contribution in [0.4, 0.5) is 0 Å². The third-order valence-corrected chi connectivity index (χ3v) is 5.24. The highest BCUT2D eigenvalue weighted by Crippen LogP contribution is 2.34. The molecule has 2 aromatic rings. The van der Waals surface area contributed by atoms with Crippen molar-refractivity contribution >= 4 is 17.6 Å². The van der Waals surface area contributed by atoms with E-state index in [0.717, 1.165) is 18.1 Å². The fourth-order valence-corrected chi connectivity index (χ4v) is 3.96. The standard InChI is InChI=1S/C21H24ClNO2/c1-14-11-15(2)13-18(12-14)20(16-3-5-19(22)6-4-16)23-9-7-17(8-10-23)21(24)25/h3-6,11-13,17,20H,7-10H2,1-2H3,(H,24,25). The molecule has 132 valence electrons. The molecule has 1 aliphatic rings. The maximum atomic E-state index is 11.3. The first-order chi connectivity index (χ1) is 11.9. The summed E-state index contributed by atoms with van der Waals surface area (Å²) < 4.78 is 0. The van der Waals surface area contributed by atoms with Crippen LogP contribution in [-0.2, 0) is 4.79 Å². The Balaban J connectivity index is 1.95. The summed E-state index contributed by atoms with van der Waals surface area (Å²) in [5.74, 6) is -0.893. The van der Waals surface area contributed by atoms with E-state index in [-0.39, 0.29) is 12.0 Å². The summed E-state index contributed by atoms with van der Waals surface area (Å²) in [5.41, 5.74) is 4.94. The first kappa shape index (κ1) is 18.0. The van der Waals surface area contributed by atoms with Crippen molar-refractivity contribution in [2.45, 2.75) is 32.7 Å². The van der Waals surface area contributed by atoms with E-state index in [9.17, 15) is 9.90 Å². The van der Waals surface area contributed by atoms with Gasteiger partial charge in [0.05, 0.1) is 12.0 Å². The number of nitrogens with zero attached hydrogens (tertiary/aromatic N) is 1. The Morgan fingerprint density at radius 2 is 1.60 bits per heavy atom. The van der Waals surface area contributed by atoms with Gasteiger partial charge in [-0.2, -0.15) is 0 Å². The van der Waals surface area contributed by atoms with Gasteiger partial charge in [-0.3, -0.25) is 9.69 Å². The van der Waals surface area contributed by atoms with Gasteiger partial charge in [0.1, 0.15) is 0 Å². The summed E-state index contributed by atoms with van der Waals surface area (Å²) >= 11 is 6.07. The lowest BCUT2D eigenvalue weighted by Crippen LogP contribution is -2.39. The Hall–Kier alpha value is -1.84. The van der Waals surface area contributed by atoms with Gasteiger partial charge in [-0.05, 0) is 63.0 Å². The van der Waals surface area contributed by atoms with E-state index in [1.54, 1.807) is 0 Å². The summed E-state index contributed by atoms with van der Waals surface area (Å²) in [4.78, 5) is 13.7.